The lowest BCUT2D eigenvalue weighted by molar-refractivity contribution is 0.416. The van der Waals surface area contributed by atoms with Gasteiger partial charge in [-0.25, -0.2) is 0 Å². The van der Waals surface area contributed by atoms with Gasteiger partial charge < -0.3 is 21.9 Å². The van der Waals surface area contributed by atoms with E-state index >= 15 is 0 Å². The fourth-order valence-corrected chi connectivity index (χ4v) is 1.12. The highest BCUT2D eigenvalue weighted by molar-refractivity contribution is 5.54. The van der Waals surface area contributed by atoms with E-state index < -0.39 is 0 Å². The molecule has 4 nitrogen and oxygen atoms in total. The Morgan fingerprint density at radius 1 is 1.46 bits per heavy atom. The van der Waals surface area contributed by atoms with E-state index in [2.05, 4.69) is 0 Å². The van der Waals surface area contributed by atoms with Gasteiger partial charge in [-0.3, -0.25) is 0 Å². The van der Waals surface area contributed by atoms with Crippen molar-refractivity contribution >= 4 is 5.69 Å². The Bertz CT molecular complexity index is 288. The molecule has 0 amide bonds. The molecular formula is C9H15N3O. The van der Waals surface area contributed by atoms with Crippen LogP contribution >= 0.6 is 0 Å². The first-order chi connectivity index (χ1) is 6.19. The minimum absolute atomic E-state index is 0.159. The Hall–Kier alpha value is -1.26. The van der Waals surface area contributed by atoms with E-state index in [9.17, 15) is 0 Å². The second-order valence-corrected chi connectivity index (χ2v) is 2.84. The fourth-order valence-electron chi connectivity index (χ4n) is 1.12. The second kappa shape index (κ2) is 4.11. The summed E-state index contributed by atoms with van der Waals surface area (Å²) in [6.07, 6.45) is 0. The van der Waals surface area contributed by atoms with Crippen LogP contribution < -0.4 is 21.9 Å². The van der Waals surface area contributed by atoms with Crippen molar-refractivity contribution in [1.29, 1.82) is 0 Å². The van der Waals surface area contributed by atoms with E-state index in [1.165, 1.54) is 0 Å². The number of methoxy groups -OCH3 is 1. The summed E-state index contributed by atoms with van der Waals surface area (Å²) in [7, 11) is 1.58. The monoisotopic (exact) mass is 181 g/mol. The maximum atomic E-state index is 5.73. The molecule has 1 aromatic rings. The highest BCUT2D eigenvalue weighted by atomic mass is 16.5. The molecular weight excluding hydrogens is 166 g/mol. The molecule has 0 saturated heterocycles. The van der Waals surface area contributed by atoms with Gasteiger partial charge in [0.2, 0.25) is 0 Å². The summed E-state index contributed by atoms with van der Waals surface area (Å²) < 4.78 is 5.02. The molecule has 1 atom stereocenters. The highest BCUT2D eigenvalue weighted by Crippen LogP contribution is 2.23. The molecule has 0 radical (unpaired) electrons. The van der Waals surface area contributed by atoms with Gasteiger partial charge in [0.15, 0.2) is 0 Å². The molecule has 0 spiro atoms. The van der Waals surface area contributed by atoms with Gasteiger partial charge in [-0.1, -0.05) is 6.07 Å². The highest BCUT2D eigenvalue weighted by Gasteiger charge is 2.06. The first-order valence-corrected chi connectivity index (χ1v) is 4.08. The van der Waals surface area contributed by atoms with E-state index in [0.29, 0.717) is 18.0 Å². The van der Waals surface area contributed by atoms with Crippen LogP contribution in [0.3, 0.4) is 0 Å². The van der Waals surface area contributed by atoms with Crippen molar-refractivity contribution in [2.45, 2.75) is 6.04 Å². The summed E-state index contributed by atoms with van der Waals surface area (Å²) in [6, 6.07) is 5.29. The Morgan fingerprint density at radius 3 is 2.62 bits per heavy atom. The molecule has 72 valence electrons. The van der Waals surface area contributed by atoms with Crippen LogP contribution in [-0.4, -0.2) is 13.7 Å². The molecule has 13 heavy (non-hydrogen) atoms. The Balaban J connectivity index is 2.95. The average molecular weight is 181 g/mol. The van der Waals surface area contributed by atoms with Gasteiger partial charge in [0, 0.05) is 12.6 Å². The summed E-state index contributed by atoms with van der Waals surface area (Å²) in [4.78, 5) is 0. The molecule has 1 aromatic carbocycles. The third kappa shape index (κ3) is 2.11. The SMILES string of the molecule is COc1ccc([C@H](N)CN)cc1N. The number of hydrogen-bond acceptors (Lipinski definition) is 4. The first-order valence-electron chi connectivity index (χ1n) is 4.08. The van der Waals surface area contributed by atoms with Crippen molar-refractivity contribution in [1.82, 2.24) is 0 Å². The first kappa shape index (κ1) is 9.83. The lowest BCUT2D eigenvalue weighted by Crippen LogP contribution is -2.20. The minimum Gasteiger partial charge on any atom is -0.495 e. The lowest BCUT2D eigenvalue weighted by atomic mass is 10.1. The molecule has 4 heteroatoms. The zero-order chi connectivity index (χ0) is 9.84. The van der Waals surface area contributed by atoms with Gasteiger partial charge in [0.25, 0.3) is 0 Å². The van der Waals surface area contributed by atoms with Crippen LogP contribution in [0.2, 0.25) is 0 Å². The van der Waals surface area contributed by atoms with Gasteiger partial charge in [-0.2, -0.15) is 0 Å². The molecule has 0 aromatic heterocycles. The largest absolute Gasteiger partial charge is 0.495 e. The van der Waals surface area contributed by atoms with Gasteiger partial charge in [-0.15, -0.1) is 0 Å². The van der Waals surface area contributed by atoms with Crippen LogP contribution in [0.5, 0.6) is 5.75 Å². The van der Waals surface area contributed by atoms with E-state index in [0.717, 1.165) is 5.56 Å². The second-order valence-electron chi connectivity index (χ2n) is 2.84. The third-order valence-corrected chi connectivity index (χ3v) is 1.94. The van der Waals surface area contributed by atoms with Crippen LogP contribution in [0.4, 0.5) is 5.69 Å². The molecule has 0 fully saturated rings. The Kier molecular flexibility index (Phi) is 3.11. The summed E-state index contributed by atoms with van der Waals surface area (Å²) >= 11 is 0. The van der Waals surface area contributed by atoms with E-state index in [1.54, 1.807) is 19.2 Å². The molecule has 0 heterocycles. The van der Waals surface area contributed by atoms with Gasteiger partial charge in [0.1, 0.15) is 5.75 Å². The molecule has 1 rings (SSSR count). The molecule has 0 aliphatic rings. The van der Waals surface area contributed by atoms with Crippen LogP contribution in [0.25, 0.3) is 0 Å². The van der Waals surface area contributed by atoms with Gasteiger partial charge in [-0.05, 0) is 17.7 Å². The van der Waals surface area contributed by atoms with Crippen molar-refractivity contribution < 1.29 is 4.74 Å². The number of nitrogen functional groups attached to an aromatic ring is 1. The van der Waals surface area contributed by atoms with E-state index in [-0.39, 0.29) is 6.04 Å². The van der Waals surface area contributed by atoms with Crippen molar-refractivity contribution in [3.05, 3.63) is 23.8 Å². The number of nitrogens with two attached hydrogens (primary N) is 3. The number of ether oxygens (including phenoxy) is 1. The topological polar surface area (TPSA) is 87.3 Å². The number of anilines is 1. The number of rotatable bonds is 3. The van der Waals surface area contributed by atoms with Crippen molar-refractivity contribution in [2.75, 3.05) is 19.4 Å². The molecule has 0 aliphatic carbocycles. The summed E-state index contributed by atoms with van der Waals surface area (Å²) in [5.74, 6) is 0.660. The maximum Gasteiger partial charge on any atom is 0.141 e. The zero-order valence-corrected chi connectivity index (χ0v) is 7.66. The zero-order valence-electron chi connectivity index (χ0n) is 7.66. The average Bonchev–Trinajstić information content (AvgIpc) is 2.16. The van der Waals surface area contributed by atoms with Crippen LogP contribution in [0.1, 0.15) is 11.6 Å². The molecule has 0 aliphatic heterocycles. The lowest BCUT2D eigenvalue weighted by Gasteiger charge is -2.11. The Morgan fingerprint density at radius 2 is 2.15 bits per heavy atom. The van der Waals surface area contributed by atoms with Crippen molar-refractivity contribution in [3.8, 4) is 5.75 Å². The minimum atomic E-state index is -0.159. The predicted octanol–water partition coefficient (Wildman–Crippen LogP) is 0.236. The van der Waals surface area contributed by atoms with Crippen molar-refractivity contribution in [3.63, 3.8) is 0 Å². The Labute approximate surface area is 77.7 Å². The van der Waals surface area contributed by atoms with Crippen LogP contribution in [-0.2, 0) is 0 Å². The summed E-state index contributed by atoms with van der Waals surface area (Å²) in [5.41, 5.74) is 18.4. The predicted molar refractivity (Wildman–Crippen MR) is 53.4 cm³/mol. The number of benzene rings is 1. The third-order valence-electron chi connectivity index (χ3n) is 1.94. The van der Waals surface area contributed by atoms with Gasteiger partial charge in [0.05, 0.1) is 12.8 Å². The maximum absolute atomic E-state index is 5.73. The fraction of sp³-hybridized carbons (Fsp3) is 0.333. The summed E-state index contributed by atoms with van der Waals surface area (Å²) in [6.45, 7) is 0.409. The van der Waals surface area contributed by atoms with Crippen molar-refractivity contribution in [2.24, 2.45) is 11.5 Å². The van der Waals surface area contributed by atoms with E-state index in [4.69, 9.17) is 21.9 Å². The summed E-state index contributed by atoms with van der Waals surface area (Å²) in [5, 5.41) is 0. The normalized spacial score (nSPS) is 12.5. The molecule has 0 unspecified atom stereocenters. The standard InChI is InChI=1S/C9H15N3O/c1-13-9-3-2-6(4-7(9)11)8(12)5-10/h2-4,8H,5,10-12H2,1H3/t8-/m1/s1. The van der Waals surface area contributed by atoms with Gasteiger partial charge >= 0.3 is 0 Å². The van der Waals surface area contributed by atoms with Crippen LogP contribution in [0, 0.1) is 0 Å². The van der Waals surface area contributed by atoms with Crippen LogP contribution in [0.15, 0.2) is 18.2 Å². The molecule has 6 N–H and O–H groups in total. The van der Waals surface area contributed by atoms with E-state index in [1.807, 2.05) is 6.07 Å². The smallest absolute Gasteiger partial charge is 0.141 e. The quantitative estimate of drug-likeness (QED) is 0.583. The molecule has 0 bridgehead atoms. The molecule has 0 saturated carbocycles. The number of hydrogen-bond donors (Lipinski definition) is 3.